The number of hydrogen-bond acceptors (Lipinski definition) is 7. The van der Waals surface area contributed by atoms with Crippen molar-refractivity contribution in [3.8, 4) is 11.5 Å². The lowest BCUT2D eigenvalue weighted by Gasteiger charge is -2.31. The molecule has 1 amide bonds. The number of azide groups is 1. The minimum atomic E-state index is -1.61. The van der Waals surface area contributed by atoms with Crippen molar-refractivity contribution in [2.75, 3.05) is 20.3 Å². The molecule has 0 saturated heterocycles. The van der Waals surface area contributed by atoms with Gasteiger partial charge in [0.05, 0.1) is 13.7 Å². The largest absolute Gasteiger partial charge is 0.497 e. The van der Waals surface area contributed by atoms with Crippen LogP contribution in [-0.4, -0.2) is 42.8 Å². The number of aliphatic hydroxyl groups is 1. The highest BCUT2D eigenvalue weighted by Gasteiger charge is 2.53. The van der Waals surface area contributed by atoms with E-state index in [4.69, 9.17) is 24.3 Å². The molecule has 1 heterocycles. The van der Waals surface area contributed by atoms with Crippen LogP contribution in [0.4, 0.5) is 10.1 Å². The predicted molar refractivity (Wildman–Crippen MR) is 167 cm³/mol. The fourth-order valence-electron chi connectivity index (χ4n) is 5.15. The van der Waals surface area contributed by atoms with Crippen LogP contribution in [0.5, 0.6) is 11.5 Å². The second-order valence-corrected chi connectivity index (χ2v) is 10.3. The van der Waals surface area contributed by atoms with Gasteiger partial charge >= 0.3 is 0 Å². The number of nitrogens with one attached hydrogen (secondary N) is 1. The number of benzene rings is 4. The molecule has 0 saturated carbocycles. The summed E-state index contributed by atoms with van der Waals surface area (Å²) in [4.78, 5) is 22.4. The number of aliphatic hydroxyl groups excluding tert-OH is 1. The summed E-state index contributed by atoms with van der Waals surface area (Å²) in [6, 6.07) is 27.4. The summed E-state index contributed by atoms with van der Waals surface area (Å²) in [7, 11) is 1.55. The van der Waals surface area contributed by atoms with Crippen molar-refractivity contribution in [1.29, 1.82) is 0 Å². The molecule has 0 bridgehead atoms. The standard InChI is InChI=1S/C34H32FN5O5/c1-43-28-11-6-10-24(20-28)31-34(21-25-8-3-5-13-30(25)39-40-36,33(42)37-22-26-9-2-4-12-29(26)35)38-32(45-31)23-14-16-27(17-15-23)44-19-7-18-41/h2-6,8-17,20,31,41H,7,18-19,21-22H2,1H3,(H,37,42)/t31-,34-/m1/s1. The third-order valence-electron chi connectivity index (χ3n) is 7.43. The summed E-state index contributed by atoms with van der Waals surface area (Å²) >= 11 is 0. The van der Waals surface area contributed by atoms with Gasteiger partial charge in [0.25, 0.3) is 5.91 Å². The SMILES string of the molecule is COc1cccc([C@H]2OC(c3ccc(OCCCO)cc3)=N[C@@]2(Cc2ccccc2N=[N+]=[N-])C(=O)NCc2ccccc2F)c1. The molecule has 0 unspecified atom stereocenters. The van der Waals surface area contributed by atoms with Crippen molar-refractivity contribution >= 4 is 17.5 Å². The molecule has 5 rings (SSSR count). The lowest BCUT2D eigenvalue weighted by molar-refractivity contribution is -0.129. The number of ether oxygens (including phenoxy) is 3. The second kappa shape index (κ2) is 14.4. The van der Waals surface area contributed by atoms with Crippen molar-refractivity contribution in [1.82, 2.24) is 5.32 Å². The van der Waals surface area contributed by atoms with E-state index < -0.39 is 23.4 Å². The fourth-order valence-corrected chi connectivity index (χ4v) is 5.15. The highest BCUT2D eigenvalue weighted by Crippen LogP contribution is 2.44. The Kier molecular flexibility index (Phi) is 9.93. The first-order valence-electron chi connectivity index (χ1n) is 14.4. The molecule has 0 radical (unpaired) electrons. The Labute approximate surface area is 259 Å². The molecule has 2 atom stereocenters. The van der Waals surface area contributed by atoms with Gasteiger partial charge in [-0.25, -0.2) is 9.38 Å². The Hall–Kier alpha value is -5.38. The highest BCUT2D eigenvalue weighted by molar-refractivity contribution is 6.01. The van der Waals surface area contributed by atoms with Gasteiger partial charge in [-0.15, -0.1) is 0 Å². The molecule has 1 aliphatic heterocycles. The molecule has 230 valence electrons. The Morgan fingerprint density at radius 1 is 1.04 bits per heavy atom. The zero-order valence-corrected chi connectivity index (χ0v) is 24.6. The van der Waals surface area contributed by atoms with Crippen LogP contribution in [0, 0.1) is 5.82 Å². The lowest BCUT2D eigenvalue weighted by atomic mass is 9.81. The third kappa shape index (κ3) is 7.06. The molecule has 0 fully saturated rings. The quantitative estimate of drug-likeness (QED) is 0.0787. The van der Waals surface area contributed by atoms with Crippen LogP contribution in [-0.2, 0) is 22.5 Å². The zero-order valence-electron chi connectivity index (χ0n) is 24.6. The Balaban J connectivity index is 1.61. The van der Waals surface area contributed by atoms with Gasteiger partial charge in [-0.05, 0) is 59.1 Å². The van der Waals surface area contributed by atoms with Crippen LogP contribution in [0.1, 0.15) is 34.8 Å². The number of halogens is 1. The Morgan fingerprint density at radius 2 is 1.80 bits per heavy atom. The molecule has 45 heavy (non-hydrogen) atoms. The summed E-state index contributed by atoms with van der Waals surface area (Å²) in [5.74, 6) is 0.426. The van der Waals surface area contributed by atoms with Crippen molar-refractivity contribution in [3.05, 3.63) is 136 Å². The van der Waals surface area contributed by atoms with Crippen LogP contribution in [0.3, 0.4) is 0 Å². The molecule has 4 aromatic rings. The Morgan fingerprint density at radius 3 is 2.53 bits per heavy atom. The van der Waals surface area contributed by atoms with E-state index in [-0.39, 0.29) is 25.5 Å². The van der Waals surface area contributed by atoms with Gasteiger partial charge in [-0.3, -0.25) is 4.79 Å². The van der Waals surface area contributed by atoms with Crippen molar-refractivity contribution in [3.63, 3.8) is 0 Å². The maximum absolute atomic E-state index is 14.5. The molecule has 4 aromatic carbocycles. The molecular formula is C34H32FN5O5. The lowest BCUT2D eigenvalue weighted by Crippen LogP contribution is -2.49. The number of aliphatic imine (C=N–C) groups is 1. The minimum absolute atomic E-state index is 0.000963. The first kappa shape index (κ1) is 31.1. The Bertz CT molecular complexity index is 1720. The average molecular weight is 610 g/mol. The average Bonchev–Trinajstić information content (AvgIpc) is 3.46. The number of amides is 1. The summed E-state index contributed by atoms with van der Waals surface area (Å²) in [6.45, 7) is 0.306. The maximum Gasteiger partial charge on any atom is 0.252 e. The number of hydrogen-bond donors (Lipinski definition) is 2. The first-order valence-corrected chi connectivity index (χ1v) is 14.4. The third-order valence-corrected chi connectivity index (χ3v) is 7.43. The topological polar surface area (TPSA) is 138 Å². The van der Waals surface area contributed by atoms with E-state index >= 15 is 0 Å². The number of rotatable bonds is 13. The van der Waals surface area contributed by atoms with Gasteiger partial charge in [0, 0.05) is 47.7 Å². The van der Waals surface area contributed by atoms with Crippen LogP contribution in [0.15, 0.2) is 107 Å². The monoisotopic (exact) mass is 609 g/mol. The molecule has 10 nitrogen and oxygen atoms in total. The van der Waals surface area contributed by atoms with E-state index in [1.165, 1.54) is 6.07 Å². The van der Waals surface area contributed by atoms with Crippen LogP contribution >= 0.6 is 0 Å². The summed E-state index contributed by atoms with van der Waals surface area (Å²) < 4.78 is 32.2. The normalized spacial score (nSPS) is 17.0. The molecule has 0 spiro atoms. The van der Waals surface area contributed by atoms with E-state index in [0.717, 1.165) is 0 Å². The number of nitrogens with zero attached hydrogens (tertiary/aromatic N) is 4. The van der Waals surface area contributed by atoms with Gasteiger partial charge in [-0.2, -0.15) is 0 Å². The highest BCUT2D eigenvalue weighted by atomic mass is 19.1. The van der Waals surface area contributed by atoms with Gasteiger partial charge in [0.1, 0.15) is 17.3 Å². The maximum atomic E-state index is 14.5. The van der Waals surface area contributed by atoms with Gasteiger partial charge < -0.3 is 24.6 Å². The van der Waals surface area contributed by atoms with E-state index in [2.05, 4.69) is 15.3 Å². The summed E-state index contributed by atoms with van der Waals surface area (Å²) in [5.41, 5.74) is 10.1. The fraction of sp³-hybridized carbons (Fsp3) is 0.235. The molecule has 2 N–H and O–H groups in total. The van der Waals surface area contributed by atoms with Crippen LogP contribution in [0.2, 0.25) is 0 Å². The van der Waals surface area contributed by atoms with Gasteiger partial charge in [-0.1, -0.05) is 59.7 Å². The molecule has 1 aliphatic rings. The molecule has 11 heteroatoms. The van der Waals surface area contributed by atoms with E-state index in [1.807, 2.05) is 6.07 Å². The van der Waals surface area contributed by atoms with E-state index in [1.54, 1.807) is 92.0 Å². The smallest absolute Gasteiger partial charge is 0.252 e. The predicted octanol–water partition coefficient (Wildman–Crippen LogP) is 6.35. The van der Waals surface area contributed by atoms with E-state index in [9.17, 15) is 14.7 Å². The molecular weight excluding hydrogens is 577 g/mol. The van der Waals surface area contributed by atoms with Gasteiger partial charge in [0.2, 0.25) is 5.90 Å². The number of carbonyl (C=O) groups excluding carboxylic acids is 1. The van der Waals surface area contributed by atoms with Crippen molar-refractivity contribution < 1.29 is 28.5 Å². The van der Waals surface area contributed by atoms with Gasteiger partial charge in [0.15, 0.2) is 11.6 Å². The second-order valence-electron chi connectivity index (χ2n) is 10.3. The summed E-state index contributed by atoms with van der Waals surface area (Å²) in [5, 5.41) is 15.8. The van der Waals surface area contributed by atoms with Crippen LogP contribution < -0.4 is 14.8 Å². The van der Waals surface area contributed by atoms with Crippen molar-refractivity contribution in [2.24, 2.45) is 10.1 Å². The number of methoxy groups -OCH3 is 1. The minimum Gasteiger partial charge on any atom is -0.497 e. The zero-order chi connectivity index (χ0) is 31.6. The first-order chi connectivity index (χ1) is 22.0. The molecule has 0 aliphatic carbocycles. The summed E-state index contributed by atoms with van der Waals surface area (Å²) in [6.07, 6.45) is -0.441. The van der Waals surface area contributed by atoms with E-state index in [0.29, 0.717) is 52.5 Å². The van der Waals surface area contributed by atoms with Crippen LogP contribution in [0.25, 0.3) is 10.4 Å². The molecule has 0 aromatic heterocycles. The van der Waals surface area contributed by atoms with Crippen molar-refractivity contribution in [2.45, 2.75) is 31.0 Å². The number of carbonyl (C=O) groups is 1.